The number of benzene rings is 2. The summed E-state index contributed by atoms with van der Waals surface area (Å²) in [5.74, 6) is 1.04. The molecular weight excluding hydrogens is 314 g/mol. The maximum atomic E-state index is 12.6. The fraction of sp³-hybridized carbons (Fsp3) is 0.294. The number of hydrogen-bond donors (Lipinski definition) is 1. The first kappa shape index (κ1) is 15.7. The number of aryl methyl sites for hydroxylation is 2. The van der Waals surface area contributed by atoms with Gasteiger partial charge in [0.25, 0.3) is 10.0 Å². The number of ether oxygens (including phenoxy) is 2. The molecule has 2 aromatic carbocycles. The van der Waals surface area contributed by atoms with Crippen molar-refractivity contribution >= 4 is 15.7 Å². The number of fused-ring (bicyclic) bond motifs is 1. The smallest absolute Gasteiger partial charge is 0.262 e. The van der Waals surface area contributed by atoms with Crippen molar-refractivity contribution in [3.8, 4) is 11.5 Å². The molecule has 0 unspecified atom stereocenters. The van der Waals surface area contributed by atoms with Gasteiger partial charge in [-0.15, -0.1) is 0 Å². The fourth-order valence-electron chi connectivity index (χ4n) is 2.33. The quantitative estimate of drug-likeness (QED) is 0.936. The maximum Gasteiger partial charge on any atom is 0.262 e. The lowest BCUT2D eigenvalue weighted by atomic mass is 10.1. The van der Waals surface area contributed by atoms with Crippen molar-refractivity contribution in [3.05, 3.63) is 47.5 Å². The highest BCUT2D eigenvalue weighted by molar-refractivity contribution is 7.92. The van der Waals surface area contributed by atoms with E-state index in [1.807, 2.05) is 26.0 Å². The minimum Gasteiger partial charge on any atom is -0.490 e. The Bertz CT molecular complexity index is 830. The maximum absolute atomic E-state index is 12.6. The summed E-state index contributed by atoms with van der Waals surface area (Å²) in [7, 11) is -3.67. The van der Waals surface area contributed by atoms with E-state index in [2.05, 4.69) is 4.72 Å². The average molecular weight is 333 g/mol. The number of anilines is 1. The first-order chi connectivity index (χ1) is 11.0. The Hall–Kier alpha value is -2.21. The predicted molar refractivity (Wildman–Crippen MR) is 88.8 cm³/mol. The molecule has 0 amide bonds. The van der Waals surface area contributed by atoms with Gasteiger partial charge in [-0.2, -0.15) is 0 Å². The molecule has 5 nitrogen and oxygen atoms in total. The molecule has 0 radical (unpaired) electrons. The van der Waals surface area contributed by atoms with Crippen LogP contribution in [0.2, 0.25) is 0 Å². The molecule has 0 saturated carbocycles. The average Bonchev–Trinajstić information content (AvgIpc) is 2.75. The largest absolute Gasteiger partial charge is 0.490 e. The van der Waals surface area contributed by atoms with Crippen LogP contribution >= 0.6 is 0 Å². The molecule has 0 spiro atoms. The minimum atomic E-state index is -3.67. The Kier molecular flexibility index (Phi) is 4.17. The molecule has 122 valence electrons. The molecule has 0 fully saturated rings. The Morgan fingerprint density at radius 2 is 1.65 bits per heavy atom. The third kappa shape index (κ3) is 3.42. The van der Waals surface area contributed by atoms with Crippen molar-refractivity contribution in [3.63, 3.8) is 0 Å². The monoisotopic (exact) mass is 333 g/mol. The molecule has 23 heavy (non-hydrogen) atoms. The van der Waals surface area contributed by atoms with E-state index < -0.39 is 10.0 Å². The van der Waals surface area contributed by atoms with Crippen molar-refractivity contribution < 1.29 is 17.9 Å². The Balaban J connectivity index is 1.90. The molecule has 0 atom stereocenters. The van der Waals surface area contributed by atoms with Crippen LogP contribution in [0.1, 0.15) is 17.5 Å². The second kappa shape index (κ2) is 6.12. The van der Waals surface area contributed by atoms with Gasteiger partial charge < -0.3 is 9.47 Å². The van der Waals surface area contributed by atoms with Crippen molar-refractivity contribution in [2.24, 2.45) is 0 Å². The molecular formula is C17H19NO4S. The minimum absolute atomic E-state index is 0.153. The van der Waals surface area contributed by atoms with Gasteiger partial charge in [-0.25, -0.2) is 8.42 Å². The van der Waals surface area contributed by atoms with Gasteiger partial charge >= 0.3 is 0 Å². The number of nitrogens with one attached hydrogen (secondary N) is 1. The number of rotatable bonds is 3. The van der Waals surface area contributed by atoms with Gasteiger partial charge in [0.15, 0.2) is 11.5 Å². The van der Waals surface area contributed by atoms with Crippen LogP contribution in [-0.2, 0) is 10.0 Å². The zero-order chi connectivity index (χ0) is 16.4. The third-order valence-corrected chi connectivity index (χ3v) is 5.17. The normalized spacial score (nSPS) is 14.2. The van der Waals surface area contributed by atoms with Gasteiger partial charge in [0.1, 0.15) is 0 Å². The van der Waals surface area contributed by atoms with E-state index in [-0.39, 0.29) is 4.90 Å². The van der Waals surface area contributed by atoms with E-state index >= 15 is 0 Å². The highest BCUT2D eigenvalue weighted by Gasteiger charge is 2.19. The molecule has 0 saturated heterocycles. The summed E-state index contributed by atoms with van der Waals surface area (Å²) in [5, 5.41) is 0. The van der Waals surface area contributed by atoms with Gasteiger partial charge in [-0.05, 0) is 49.2 Å². The van der Waals surface area contributed by atoms with E-state index in [0.717, 1.165) is 17.5 Å². The second-order valence-corrected chi connectivity index (χ2v) is 7.25. The molecule has 0 aliphatic carbocycles. The van der Waals surface area contributed by atoms with Gasteiger partial charge in [-0.3, -0.25) is 4.72 Å². The summed E-state index contributed by atoms with van der Waals surface area (Å²) in [6.07, 6.45) is 0.775. The van der Waals surface area contributed by atoms with Crippen molar-refractivity contribution in [2.45, 2.75) is 25.2 Å². The molecule has 0 aromatic heterocycles. The zero-order valence-corrected chi connectivity index (χ0v) is 13.9. The van der Waals surface area contributed by atoms with Crippen LogP contribution in [0.15, 0.2) is 41.3 Å². The van der Waals surface area contributed by atoms with E-state index in [1.54, 1.807) is 12.1 Å². The Morgan fingerprint density at radius 1 is 0.913 bits per heavy atom. The molecule has 1 N–H and O–H groups in total. The van der Waals surface area contributed by atoms with E-state index in [4.69, 9.17) is 9.47 Å². The topological polar surface area (TPSA) is 64.6 Å². The first-order valence-electron chi connectivity index (χ1n) is 7.45. The first-order valence-corrected chi connectivity index (χ1v) is 8.94. The number of hydrogen-bond acceptors (Lipinski definition) is 4. The van der Waals surface area contributed by atoms with Crippen molar-refractivity contribution in [1.29, 1.82) is 0 Å². The second-order valence-electron chi connectivity index (χ2n) is 5.56. The van der Waals surface area contributed by atoms with Gasteiger partial charge in [0, 0.05) is 18.2 Å². The molecule has 6 heteroatoms. The summed E-state index contributed by atoms with van der Waals surface area (Å²) in [6, 6.07) is 10.1. The lowest BCUT2D eigenvalue weighted by Crippen LogP contribution is -2.13. The van der Waals surface area contributed by atoms with Crippen LogP contribution in [-0.4, -0.2) is 21.6 Å². The SMILES string of the molecule is Cc1ccc(NS(=O)(=O)c2ccc3c(c2)OCCCO3)cc1C. The molecule has 3 rings (SSSR count). The van der Waals surface area contributed by atoms with Gasteiger partial charge in [0.2, 0.25) is 0 Å². The Labute approximate surface area is 136 Å². The van der Waals surface area contributed by atoms with Crippen molar-refractivity contribution in [1.82, 2.24) is 0 Å². The Morgan fingerprint density at radius 3 is 2.39 bits per heavy atom. The fourth-order valence-corrected chi connectivity index (χ4v) is 3.39. The molecule has 1 aliphatic rings. The highest BCUT2D eigenvalue weighted by Crippen LogP contribution is 2.32. The molecule has 1 aliphatic heterocycles. The molecule has 2 aromatic rings. The van der Waals surface area contributed by atoms with Crippen LogP contribution < -0.4 is 14.2 Å². The summed E-state index contributed by atoms with van der Waals surface area (Å²) in [5.41, 5.74) is 2.69. The van der Waals surface area contributed by atoms with Crippen LogP contribution in [0.25, 0.3) is 0 Å². The lowest BCUT2D eigenvalue weighted by molar-refractivity contribution is 0.297. The molecule has 0 bridgehead atoms. The van der Waals surface area contributed by atoms with Crippen LogP contribution in [0.3, 0.4) is 0 Å². The summed E-state index contributed by atoms with van der Waals surface area (Å²) in [4.78, 5) is 0.153. The van der Waals surface area contributed by atoms with Crippen LogP contribution in [0, 0.1) is 13.8 Å². The van der Waals surface area contributed by atoms with E-state index in [9.17, 15) is 8.42 Å². The van der Waals surface area contributed by atoms with Crippen LogP contribution in [0.4, 0.5) is 5.69 Å². The number of sulfonamides is 1. The summed E-state index contributed by atoms with van der Waals surface area (Å²) >= 11 is 0. The third-order valence-electron chi connectivity index (χ3n) is 3.79. The summed E-state index contributed by atoms with van der Waals surface area (Å²) < 4.78 is 38.8. The standard InChI is InChI=1S/C17H19NO4S/c1-12-4-5-14(10-13(12)2)18-23(19,20)15-6-7-16-17(11-15)22-9-3-8-21-16/h4-7,10-11,18H,3,8-9H2,1-2H3. The lowest BCUT2D eigenvalue weighted by Gasteiger charge is -2.12. The van der Waals surface area contributed by atoms with E-state index in [1.165, 1.54) is 12.1 Å². The van der Waals surface area contributed by atoms with E-state index in [0.29, 0.717) is 30.4 Å². The molecule has 1 heterocycles. The zero-order valence-electron chi connectivity index (χ0n) is 13.1. The van der Waals surface area contributed by atoms with Gasteiger partial charge in [0.05, 0.1) is 18.1 Å². The van der Waals surface area contributed by atoms with Crippen molar-refractivity contribution in [2.75, 3.05) is 17.9 Å². The van der Waals surface area contributed by atoms with Crippen LogP contribution in [0.5, 0.6) is 11.5 Å². The predicted octanol–water partition coefficient (Wildman–Crippen LogP) is 3.27. The van der Waals surface area contributed by atoms with Gasteiger partial charge in [-0.1, -0.05) is 6.07 Å². The highest BCUT2D eigenvalue weighted by atomic mass is 32.2. The summed E-state index contributed by atoms with van der Waals surface area (Å²) in [6.45, 7) is 5.01.